The molecule has 34 heavy (non-hydrogen) atoms. The van der Waals surface area contributed by atoms with Gasteiger partial charge in [0.2, 0.25) is 5.88 Å². The Labute approximate surface area is 207 Å². The molecule has 1 saturated carbocycles. The third kappa shape index (κ3) is 5.61. The molecule has 0 spiro atoms. The van der Waals surface area contributed by atoms with Crippen molar-refractivity contribution >= 4 is 23.2 Å². The summed E-state index contributed by atoms with van der Waals surface area (Å²) in [6.45, 7) is 7.30. The van der Waals surface area contributed by atoms with Crippen LogP contribution in [-0.4, -0.2) is 59.9 Å². The average Bonchev–Trinajstić information content (AvgIpc) is 3.07. The third-order valence-corrected chi connectivity index (χ3v) is 7.11. The number of aryl methyl sites for hydroxylation is 1. The zero-order chi connectivity index (χ0) is 25.0. The van der Waals surface area contributed by atoms with Crippen LogP contribution in [-0.2, 0) is 13.6 Å². The fraction of sp³-hybridized carbons (Fsp3) is 0.600. The molecule has 0 bridgehead atoms. The maximum atomic E-state index is 13.2. The Kier molecular flexibility index (Phi) is 8.71. The smallest absolute Gasteiger partial charge is 0.273 e. The van der Waals surface area contributed by atoms with Crippen LogP contribution in [0.1, 0.15) is 61.0 Å². The molecule has 0 aliphatic heterocycles. The van der Waals surface area contributed by atoms with Gasteiger partial charge in [-0.3, -0.25) is 19.4 Å². The van der Waals surface area contributed by atoms with Gasteiger partial charge in [-0.25, -0.2) is 0 Å². The van der Waals surface area contributed by atoms with Crippen LogP contribution < -0.4 is 20.5 Å². The Balaban J connectivity index is 1.81. The van der Waals surface area contributed by atoms with Gasteiger partial charge in [0.15, 0.2) is 0 Å². The molecule has 0 atom stereocenters. The van der Waals surface area contributed by atoms with Gasteiger partial charge in [0.1, 0.15) is 0 Å². The largest absolute Gasteiger partial charge is 0.478 e. The summed E-state index contributed by atoms with van der Waals surface area (Å²) in [4.78, 5) is 30.2. The van der Waals surface area contributed by atoms with Crippen molar-refractivity contribution in [2.75, 3.05) is 32.1 Å². The minimum Gasteiger partial charge on any atom is -0.478 e. The summed E-state index contributed by atoms with van der Waals surface area (Å²) in [7, 11) is 6.00. The van der Waals surface area contributed by atoms with E-state index >= 15 is 0 Å². The Hall–Kier alpha value is -2.45. The molecule has 2 aromatic rings. The molecular weight excluding hydrogens is 454 g/mol. The number of halogens is 1. The van der Waals surface area contributed by atoms with Crippen molar-refractivity contribution in [2.45, 2.75) is 65.1 Å². The molecular formula is C25H38ClN5O3. The number of amides is 1. The number of carbonyl (C=O) groups is 1. The zero-order valence-electron chi connectivity index (χ0n) is 21.2. The van der Waals surface area contributed by atoms with E-state index in [2.05, 4.69) is 41.2 Å². The Morgan fingerprint density at radius 1 is 1.21 bits per heavy atom. The van der Waals surface area contributed by atoms with E-state index in [0.717, 1.165) is 43.5 Å². The van der Waals surface area contributed by atoms with Gasteiger partial charge in [-0.15, -0.1) is 0 Å². The monoisotopic (exact) mass is 491 g/mol. The van der Waals surface area contributed by atoms with Crippen molar-refractivity contribution in [3.05, 3.63) is 44.2 Å². The van der Waals surface area contributed by atoms with E-state index in [1.807, 2.05) is 19.9 Å². The summed E-state index contributed by atoms with van der Waals surface area (Å²) in [6, 6.07) is 4.71. The number of carbonyl (C=O) groups excluding carboxylic acids is 1. The van der Waals surface area contributed by atoms with Crippen molar-refractivity contribution in [2.24, 2.45) is 7.05 Å². The molecule has 1 fully saturated rings. The molecule has 1 aliphatic carbocycles. The van der Waals surface area contributed by atoms with Crippen LogP contribution in [0.15, 0.2) is 16.9 Å². The van der Waals surface area contributed by atoms with Gasteiger partial charge in [0.05, 0.1) is 18.7 Å². The fourth-order valence-electron chi connectivity index (χ4n) is 5.02. The minimum absolute atomic E-state index is 0.0671. The van der Waals surface area contributed by atoms with Crippen LogP contribution in [0.2, 0.25) is 5.02 Å². The maximum Gasteiger partial charge on any atom is 0.273 e. The number of hydrogen-bond acceptors (Lipinski definition) is 5. The number of aromatic nitrogens is 2. The van der Waals surface area contributed by atoms with Crippen molar-refractivity contribution in [3.8, 4) is 5.88 Å². The summed E-state index contributed by atoms with van der Waals surface area (Å²) in [5.74, 6) is 0.168. The average molecular weight is 492 g/mol. The van der Waals surface area contributed by atoms with E-state index in [9.17, 15) is 9.59 Å². The van der Waals surface area contributed by atoms with Crippen LogP contribution in [0.4, 0.5) is 5.69 Å². The van der Waals surface area contributed by atoms with Gasteiger partial charge in [-0.2, -0.15) is 0 Å². The number of nitrogens with one attached hydrogen (secondary N) is 2. The highest BCUT2D eigenvalue weighted by atomic mass is 35.5. The predicted molar refractivity (Wildman–Crippen MR) is 137 cm³/mol. The van der Waals surface area contributed by atoms with Gasteiger partial charge >= 0.3 is 0 Å². The van der Waals surface area contributed by atoms with Gasteiger partial charge in [-0.05, 0) is 78.2 Å². The summed E-state index contributed by atoms with van der Waals surface area (Å²) >= 11 is 6.49. The maximum absolute atomic E-state index is 13.2. The van der Waals surface area contributed by atoms with Gasteiger partial charge in [0, 0.05) is 41.9 Å². The number of rotatable bonds is 9. The molecule has 0 unspecified atom stereocenters. The standard InChI is InChI=1S/C25H38ClN5O3/c1-7-31(19-11-9-18(10-12-19)29(4)5)22-14-17(26)13-20(16(22)3)23(32)27-15-21-24(33)28-30(6)25(21)34-8-2/h13-14,18-19H,7-12,15H2,1-6H3,(H,27,32)(H,28,33)/t18-,19-. The quantitative estimate of drug-likeness (QED) is 0.559. The SMILES string of the molecule is CCOc1c(CNC(=O)c2cc(Cl)cc(N(CC)[C@H]3CC[C@H](N(C)C)CC3)c2C)c(=O)[nH]n1C. The van der Waals surface area contributed by atoms with Crippen LogP contribution in [0.5, 0.6) is 5.88 Å². The zero-order valence-corrected chi connectivity index (χ0v) is 22.0. The molecule has 1 aromatic heterocycles. The summed E-state index contributed by atoms with van der Waals surface area (Å²) in [5.41, 5.74) is 2.53. The highest BCUT2D eigenvalue weighted by molar-refractivity contribution is 6.31. The Morgan fingerprint density at radius 3 is 2.44 bits per heavy atom. The Bertz CT molecular complexity index is 1050. The van der Waals surface area contributed by atoms with Crippen LogP contribution >= 0.6 is 11.6 Å². The minimum atomic E-state index is -0.278. The molecule has 2 N–H and O–H groups in total. The van der Waals surface area contributed by atoms with Gasteiger partial charge < -0.3 is 19.9 Å². The lowest BCUT2D eigenvalue weighted by Crippen LogP contribution is -2.42. The number of H-pyrrole nitrogens is 1. The van der Waals surface area contributed by atoms with Crippen molar-refractivity contribution in [1.82, 2.24) is 20.0 Å². The predicted octanol–water partition coefficient (Wildman–Crippen LogP) is 3.70. The second-order valence-electron chi connectivity index (χ2n) is 9.21. The van der Waals surface area contributed by atoms with Crippen molar-refractivity contribution in [3.63, 3.8) is 0 Å². The summed E-state index contributed by atoms with van der Waals surface area (Å²) in [5, 5.41) is 6.09. The number of hydrogen-bond donors (Lipinski definition) is 2. The molecule has 8 nitrogen and oxygen atoms in total. The van der Waals surface area contributed by atoms with Crippen LogP contribution in [0.3, 0.4) is 0 Å². The number of benzene rings is 1. The van der Waals surface area contributed by atoms with Crippen molar-refractivity contribution in [1.29, 1.82) is 0 Å². The number of nitrogens with zero attached hydrogens (tertiary/aromatic N) is 3. The lowest BCUT2D eigenvalue weighted by atomic mass is 9.89. The molecule has 0 saturated heterocycles. The first-order chi connectivity index (χ1) is 16.2. The van der Waals surface area contributed by atoms with E-state index in [4.69, 9.17) is 16.3 Å². The first-order valence-electron chi connectivity index (χ1n) is 12.1. The molecule has 1 aromatic carbocycles. The molecule has 3 rings (SSSR count). The fourth-order valence-corrected chi connectivity index (χ4v) is 5.23. The molecule has 0 radical (unpaired) electrons. The number of aromatic amines is 1. The molecule has 9 heteroatoms. The Morgan fingerprint density at radius 2 is 1.85 bits per heavy atom. The lowest BCUT2D eigenvalue weighted by molar-refractivity contribution is 0.0950. The van der Waals surface area contributed by atoms with E-state index in [0.29, 0.717) is 40.7 Å². The lowest BCUT2D eigenvalue weighted by Gasteiger charge is -2.40. The highest BCUT2D eigenvalue weighted by Gasteiger charge is 2.28. The second-order valence-corrected chi connectivity index (χ2v) is 9.65. The molecule has 188 valence electrons. The van der Waals surface area contributed by atoms with Crippen LogP contribution in [0.25, 0.3) is 0 Å². The van der Waals surface area contributed by atoms with Crippen molar-refractivity contribution < 1.29 is 9.53 Å². The third-order valence-electron chi connectivity index (χ3n) is 6.89. The number of anilines is 1. The number of ether oxygens (including phenoxy) is 1. The molecule has 1 amide bonds. The topological polar surface area (TPSA) is 82.6 Å². The van der Waals surface area contributed by atoms with E-state index in [-0.39, 0.29) is 18.0 Å². The van der Waals surface area contributed by atoms with E-state index < -0.39 is 0 Å². The van der Waals surface area contributed by atoms with E-state index in [1.54, 1.807) is 13.1 Å². The highest BCUT2D eigenvalue weighted by Crippen LogP contribution is 2.34. The van der Waals surface area contributed by atoms with Crippen LogP contribution in [0, 0.1) is 6.92 Å². The van der Waals surface area contributed by atoms with E-state index in [1.165, 1.54) is 4.68 Å². The first-order valence-corrected chi connectivity index (χ1v) is 12.5. The normalized spacial score (nSPS) is 18.2. The summed E-state index contributed by atoms with van der Waals surface area (Å²) in [6.07, 6.45) is 4.55. The molecule has 1 aliphatic rings. The summed E-state index contributed by atoms with van der Waals surface area (Å²) < 4.78 is 7.10. The second kappa shape index (κ2) is 11.3. The first kappa shape index (κ1) is 26.2. The van der Waals surface area contributed by atoms with Gasteiger partial charge in [0.25, 0.3) is 11.5 Å². The van der Waals surface area contributed by atoms with Gasteiger partial charge in [-0.1, -0.05) is 11.6 Å². The molecule has 1 heterocycles.